The summed E-state index contributed by atoms with van der Waals surface area (Å²) in [6.45, 7) is 11.8. The predicted molar refractivity (Wildman–Crippen MR) is 81.9 cm³/mol. The standard InChI is InChI=1S/C16H28N4/c1-3-19-8-4-14(5-9-19)11-20-13-18-10-15(20)16(2)6-7-17-12-16/h10,13-14,17H,3-9,11-12H2,1-2H3. The van der Waals surface area contributed by atoms with Crippen LogP contribution in [0.3, 0.4) is 0 Å². The highest BCUT2D eigenvalue weighted by atomic mass is 15.1. The van der Waals surface area contributed by atoms with Crippen LogP contribution < -0.4 is 5.32 Å². The zero-order valence-corrected chi connectivity index (χ0v) is 12.9. The lowest BCUT2D eigenvalue weighted by atomic mass is 9.86. The number of piperidine rings is 1. The Hall–Kier alpha value is -0.870. The Bertz CT molecular complexity index is 425. The topological polar surface area (TPSA) is 33.1 Å². The van der Waals surface area contributed by atoms with Crippen molar-refractivity contribution in [3.63, 3.8) is 0 Å². The highest BCUT2D eigenvalue weighted by Crippen LogP contribution is 2.31. The van der Waals surface area contributed by atoms with Gasteiger partial charge in [-0.05, 0) is 51.4 Å². The van der Waals surface area contributed by atoms with Crippen LogP contribution in [-0.2, 0) is 12.0 Å². The Morgan fingerprint density at radius 2 is 2.20 bits per heavy atom. The van der Waals surface area contributed by atoms with Crippen molar-refractivity contribution in [1.29, 1.82) is 0 Å². The fraction of sp³-hybridized carbons (Fsp3) is 0.812. The van der Waals surface area contributed by atoms with Crippen LogP contribution in [0.1, 0.15) is 38.8 Å². The lowest BCUT2D eigenvalue weighted by Crippen LogP contribution is -2.35. The van der Waals surface area contributed by atoms with E-state index in [1.165, 1.54) is 44.6 Å². The van der Waals surface area contributed by atoms with Crippen LogP contribution in [0.15, 0.2) is 12.5 Å². The molecule has 4 nitrogen and oxygen atoms in total. The molecule has 2 saturated heterocycles. The summed E-state index contributed by atoms with van der Waals surface area (Å²) in [4.78, 5) is 7.00. The summed E-state index contributed by atoms with van der Waals surface area (Å²) in [5.41, 5.74) is 1.71. The number of hydrogen-bond acceptors (Lipinski definition) is 3. The minimum Gasteiger partial charge on any atom is -0.334 e. The van der Waals surface area contributed by atoms with Gasteiger partial charge >= 0.3 is 0 Å². The maximum atomic E-state index is 4.43. The van der Waals surface area contributed by atoms with Crippen LogP contribution in [-0.4, -0.2) is 47.2 Å². The summed E-state index contributed by atoms with van der Waals surface area (Å²) in [7, 11) is 0. The van der Waals surface area contributed by atoms with Gasteiger partial charge in [0.2, 0.25) is 0 Å². The Morgan fingerprint density at radius 1 is 1.40 bits per heavy atom. The predicted octanol–water partition coefficient (Wildman–Crippen LogP) is 1.87. The molecule has 1 unspecified atom stereocenters. The van der Waals surface area contributed by atoms with E-state index in [0.29, 0.717) is 0 Å². The molecule has 3 heterocycles. The zero-order valence-electron chi connectivity index (χ0n) is 12.9. The summed E-state index contributed by atoms with van der Waals surface area (Å²) in [5, 5.41) is 3.50. The van der Waals surface area contributed by atoms with Crippen LogP contribution in [0.25, 0.3) is 0 Å². The Kier molecular flexibility index (Phi) is 4.13. The maximum Gasteiger partial charge on any atom is 0.0948 e. The van der Waals surface area contributed by atoms with E-state index in [-0.39, 0.29) is 5.41 Å². The summed E-state index contributed by atoms with van der Waals surface area (Å²) in [6, 6.07) is 0. The molecule has 0 radical (unpaired) electrons. The van der Waals surface area contributed by atoms with Crippen LogP contribution in [0.5, 0.6) is 0 Å². The highest BCUT2D eigenvalue weighted by Gasteiger charge is 2.33. The van der Waals surface area contributed by atoms with E-state index in [1.54, 1.807) is 0 Å². The average Bonchev–Trinajstić information content (AvgIpc) is 3.10. The second-order valence-electron chi connectivity index (χ2n) is 6.80. The molecule has 3 rings (SSSR count). The van der Waals surface area contributed by atoms with E-state index in [9.17, 15) is 0 Å². The number of imidazole rings is 1. The van der Waals surface area contributed by atoms with Gasteiger partial charge in [0.1, 0.15) is 0 Å². The molecular formula is C16H28N4. The third-order valence-electron chi connectivity index (χ3n) is 5.31. The summed E-state index contributed by atoms with van der Waals surface area (Å²) < 4.78 is 2.43. The number of nitrogens with one attached hydrogen (secondary N) is 1. The fourth-order valence-corrected chi connectivity index (χ4v) is 3.77. The molecule has 1 aromatic rings. The van der Waals surface area contributed by atoms with Crippen LogP contribution in [0.2, 0.25) is 0 Å². The lowest BCUT2D eigenvalue weighted by molar-refractivity contribution is 0.179. The first-order valence-electron chi connectivity index (χ1n) is 8.15. The minimum atomic E-state index is 0.278. The fourth-order valence-electron chi connectivity index (χ4n) is 3.77. The third kappa shape index (κ3) is 2.77. The van der Waals surface area contributed by atoms with Crippen LogP contribution >= 0.6 is 0 Å². The Morgan fingerprint density at radius 3 is 2.85 bits per heavy atom. The monoisotopic (exact) mass is 276 g/mol. The van der Waals surface area contributed by atoms with Gasteiger partial charge in [-0.2, -0.15) is 0 Å². The molecule has 0 aliphatic carbocycles. The first-order valence-corrected chi connectivity index (χ1v) is 8.15. The van der Waals surface area contributed by atoms with E-state index < -0.39 is 0 Å². The quantitative estimate of drug-likeness (QED) is 0.911. The van der Waals surface area contributed by atoms with Gasteiger partial charge in [0.05, 0.1) is 6.33 Å². The molecule has 0 aromatic carbocycles. The lowest BCUT2D eigenvalue weighted by Gasteiger charge is -2.32. The molecule has 112 valence electrons. The van der Waals surface area contributed by atoms with Gasteiger partial charge < -0.3 is 14.8 Å². The number of nitrogens with zero attached hydrogens (tertiary/aromatic N) is 3. The normalized spacial score (nSPS) is 29.1. The molecule has 1 N–H and O–H groups in total. The van der Waals surface area contributed by atoms with Gasteiger partial charge in [-0.3, -0.25) is 0 Å². The molecule has 1 atom stereocenters. The number of likely N-dealkylation sites (tertiary alicyclic amines) is 1. The maximum absolute atomic E-state index is 4.43. The van der Waals surface area contributed by atoms with Gasteiger partial charge in [0.25, 0.3) is 0 Å². The molecule has 4 heteroatoms. The van der Waals surface area contributed by atoms with Crippen molar-refractivity contribution in [3.05, 3.63) is 18.2 Å². The third-order valence-corrected chi connectivity index (χ3v) is 5.31. The first kappa shape index (κ1) is 14.1. The second kappa shape index (κ2) is 5.86. The van der Waals surface area contributed by atoms with Gasteiger partial charge in [-0.15, -0.1) is 0 Å². The van der Waals surface area contributed by atoms with Crippen molar-refractivity contribution in [2.75, 3.05) is 32.7 Å². The molecule has 2 fully saturated rings. The highest BCUT2D eigenvalue weighted by molar-refractivity contribution is 5.17. The molecule has 0 saturated carbocycles. The molecule has 0 amide bonds. The first-order chi connectivity index (χ1) is 9.71. The number of aromatic nitrogens is 2. The number of hydrogen-bond donors (Lipinski definition) is 1. The largest absolute Gasteiger partial charge is 0.334 e. The molecular weight excluding hydrogens is 248 g/mol. The van der Waals surface area contributed by atoms with Crippen molar-refractivity contribution in [2.24, 2.45) is 5.92 Å². The van der Waals surface area contributed by atoms with E-state index in [0.717, 1.165) is 25.6 Å². The van der Waals surface area contributed by atoms with Crippen LogP contribution in [0, 0.1) is 5.92 Å². The summed E-state index contributed by atoms with van der Waals surface area (Å²) in [5.74, 6) is 0.823. The SMILES string of the molecule is CCN1CCC(Cn2cncc2C2(C)CCNC2)CC1. The molecule has 0 bridgehead atoms. The molecule has 20 heavy (non-hydrogen) atoms. The molecule has 2 aliphatic rings. The van der Waals surface area contributed by atoms with Gasteiger partial charge in [0, 0.05) is 30.4 Å². The molecule has 2 aliphatic heterocycles. The van der Waals surface area contributed by atoms with E-state index >= 15 is 0 Å². The van der Waals surface area contributed by atoms with E-state index in [4.69, 9.17) is 0 Å². The Labute approximate surface area is 122 Å². The summed E-state index contributed by atoms with van der Waals surface area (Å²) in [6.07, 6.45) is 8.03. The summed E-state index contributed by atoms with van der Waals surface area (Å²) >= 11 is 0. The van der Waals surface area contributed by atoms with Gasteiger partial charge in [-0.25, -0.2) is 4.98 Å². The van der Waals surface area contributed by atoms with Crippen molar-refractivity contribution in [2.45, 2.75) is 45.1 Å². The zero-order chi connectivity index (χ0) is 14.0. The van der Waals surface area contributed by atoms with E-state index in [2.05, 4.69) is 39.8 Å². The minimum absolute atomic E-state index is 0.278. The van der Waals surface area contributed by atoms with Crippen molar-refractivity contribution in [1.82, 2.24) is 19.8 Å². The Balaban J connectivity index is 1.65. The van der Waals surface area contributed by atoms with Crippen molar-refractivity contribution in [3.8, 4) is 0 Å². The van der Waals surface area contributed by atoms with Crippen molar-refractivity contribution < 1.29 is 0 Å². The second-order valence-corrected chi connectivity index (χ2v) is 6.80. The van der Waals surface area contributed by atoms with Crippen LogP contribution in [0.4, 0.5) is 0 Å². The molecule has 0 spiro atoms. The average molecular weight is 276 g/mol. The van der Waals surface area contributed by atoms with Gasteiger partial charge in [-0.1, -0.05) is 13.8 Å². The smallest absolute Gasteiger partial charge is 0.0948 e. The van der Waals surface area contributed by atoms with E-state index in [1.807, 2.05) is 6.33 Å². The molecule has 1 aromatic heterocycles. The van der Waals surface area contributed by atoms with Crippen molar-refractivity contribution >= 4 is 0 Å². The van der Waals surface area contributed by atoms with Gasteiger partial charge in [0.15, 0.2) is 0 Å². The number of rotatable bonds is 4.